The zero-order valence-electron chi connectivity index (χ0n) is 17.7. The second kappa shape index (κ2) is 10.7. The Morgan fingerprint density at radius 3 is 2.90 bits per heavy atom. The Bertz CT molecular complexity index is 742. The normalized spacial score (nSPS) is 27.2. The lowest BCUT2D eigenvalue weighted by molar-refractivity contribution is 0.0891. The Morgan fingerprint density at radius 1 is 1.37 bits per heavy atom. The summed E-state index contributed by atoms with van der Waals surface area (Å²) in [5, 5.41) is 13.4. The van der Waals surface area contributed by atoms with Crippen LogP contribution in [0.3, 0.4) is 0 Å². The molecule has 0 aromatic carbocycles. The van der Waals surface area contributed by atoms with Crippen LogP contribution in [0.1, 0.15) is 51.9 Å². The first kappa shape index (κ1) is 22.4. The van der Waals surface area contributed by atoms with Gasteiger partial charge in [-0.05, 0) is 49.8 Å². The summed E-state index contributed by atoms with van der Waals surface area (Å²) < 4.78 is 30.1. The van der Waals surface area contributed by atoms with Crippen molar-refractivity contribution in [2.75, 3.05) is 13.7 Å². The summed E-state index contributed by atoms with van der Waals surface area (Å²) in [6.45, 7) is 2.72. The van der Waals surface area contributed by atoms with Gasteiger partial charge in [-0.15, -0.1) is 0 Å². The molecule has 1 unspecified atom stereocenters. The molecule has 1 aliphatic heterocycles. The predicted octanol–water partition coefficient (Wildman–Crippen LogP) is 4.43. The highest BCUT2D eigenvalue weighted by atomic mass is 19.1. The molecule has 0 aromatic rings. The Labute approximate surface area is 177 Å². The Balaban J connectivity index is 1.65. The van der Waals surface area contributed by atoms with Crippen LogP contribution in [0, 0.1) is 5.92 Å². The molecule has 0 saturated carbocycles. The van der Waals surface area contributed by atoms with Crippen LogP contribution in [0.4, 0.5) is 9.18 Å². The van der Waals surface area contributed by atoms with Crippen LogP contribution in [0.25, 0.3) is 0 Å². The number of cyclic esters (lactones) is 1. The number of methoxy groups -OCH3 is 1. The highest BCUT2D eigenvalue weighted by Crippen LogP contribution is 2.34. The number of amides is 1. The molecule has 166 valence electrons. The van der Waals surface area contributed by atoms with Crippen LogP contribution in [-0.2, 0) is 14.2 Å². The fourth-order valence-electron chi connectivity index (χ4n) is 4.10. The number of nitrogens with one attached hydrogen (secondary N) is 1. The molecule has 3 aliphatic rings. The lowest BCUT2D eigenvalue weighted by Crippen LogP contribution is -2.41. The van der Waals surface area contributed by atoms with E-state index in [9.17, 15) is 14.3 Å². The van der Waals surface area contributed by atoms with Crippen LogP contribution in [-0.4, -0.2) is 43.2 Å². The molecule has 1 saturated heterocycles. The van der Waals surface area contributed by atoms with Gasteiger partial charge in [0, 0.05) is 18.4 Å². The fraction of sp³-hybridized carbons (Fsp3) is 0.609. The molecule has 3 rings (SSSR count). The first-order valence-corrected chi connectivity index (χ1v) is 10.8. The minimum absolute atomic E-state index is 0.0553. The monoisotopic (exact) mass is 421 g/mol. The van der Waals surface area contributed by atoms with Crippen molar-refractivity contribution >= 4 is 6.09 Å². The van der Waals surface area contributed by atoms with Crippen LogP contribution in [0.2, 0.25) is 0 Å². The van der Waals surface area contributed by atoms with Crippen molar-refractivity contribution in [1.29, 1.82) is 0 Å². The number of carbonyl (C=O) groups is 1. The van der Waals surface area contributed by atoms with Gasteiger partial charge in [0.25, 0.3) is 0 Å². The zero-order chi connectivity index (χ0) is 21.5. The quantitative estimate of drug-likeness (QED) is 0.511. The third kappa shape index (κ3) is 5.65. The summed E-state index contributed by atoms with van der Waals surface area (Å²) in [5.74, 6) is 1.32. The summed E-state index contributed by atoms with van der Waals surface area (Å²) in [6, 6.07) is -0.245. The average molecular weight is 422 g/mol. The molecule has 2 aliphatic carbocycles. The number of carbonyl (C=O) groups excluding carboxylic acids is 1. The molecule has 1 fully saturated rings. The average Bonchev–Trinajstić information content (AvgIpc) is 3.12. The van der Waals surface area contributed by atoms with E-state index in [-0.39, 0.29) is 23.9 Å². The molecule has 1 amide bonds. The number of aliphatic hydroxyl groups excluding tert-OH is 1. The number of unbranched alkanes of at least 4 members (excludes halogenated alkanes) is 1. The van der Waals surface area contributed by atoms with Gasteiger partial charge in [0.05, 0.1) is 25.9 Å². The van der Waals surface area contributed by atoms with Crippen molar-refractivity contribution in [2.24, 2.45) is 5.92 Å². The van der Waals surface area contributed by atoms with Crippen LogP contribution in [0.15, 0.2) is 47.2 Å². The summed E-state index contributed by atoms with van der Waals surface area (Å²) in [5.41, 5.74) is 0.819. The molecule has 0 aromatic heterocycles. The largest absolute Gasteiger partial charge is 0.497 e. The Kier molecular flexibility index (Phi) is 7.96. The molecule has 0 bridgehead atoms. The van der Waals surface area contributed by atoms with E-state index in [0.717, 1.165) is 29.9 Å². The molecular weight excluding hydrogens is 389 g/mol. The minimum Gasteiger partial charge on any atom is -0.497 e. The Morgan fingerprint density at radius 2 is 2.20 bits per heavy atom. The van der Waals surface area contributed by atoms with Gasteiger partial charge in [-0.3, -0.25) is 0 Å². The van der Waals surface area contributed by atoms with E-state index in [1.807, 2.05) is 12.2 Å². The number of hydrogen-bond acceptors (Lipinski definition) is 5. The van der Waals surface area contributed by atoms with Crippen LogP contribution >= 0.6 is 0 Å². The molecule has 7 heteroatoms. The molecule has 6 nitrogen and oxygen atoms in total. The number of ether oxygens (including phenoxy) is 3. The highest BCUT2D eigenvalue weighted by Gasteiger charge is 2.42. The maximum Gasteiger partial charge on any atom is 0.407 e. The van der Waals surface area contributed by atoms with Crippen molar-refractivity contribution < 1.29 is 28.5 Å². The molecule has 0 radical (unpaired) electrons. The van der Waals surface area contributed by atoms with Gasteiger partial charge < -0.3 is 24.6 Å². The van der Waals surface area contributed by atoms with Gasteiger partial charge in [0.15, 0.2) is 0 Å². The van der Waals surface area contributed by atoms with E-state index in [1.165, 1.54) is 6.08 Å². The van der Waals surface area contributed by atoms with Gasteiger partial charge in [-0.2, -0.15) is 0 Å². The molecule has 0 spiro atoms. The highest BCUT2D eigenvalue weighted by molar-refractivity contribution is 5.70. The van der Waals surface area contributed by atoms with Crippen LogP contribution in [0.5, 0.6) is 0 Å². The van der Waals surface area contributed by atoms with E-state index in [4.69, 9.17) is 14.2 Å². The SMILES string of the molecule is CCCCOC1=CC(OC)=CCC1[C@H]1NC(=O)O[C@@H]1CC[C@H](O)C1=CC=C(F)CC1. The molecular formula is C23H32FNO5. The van der Waals surface area contributed by atoms with E-state index in [2.05, 4.69) is 12.2 Å². The standard InChI is InChI=1S/C23H32FNO5/c1-3-4-13-29-21-14-17(28-2)9-10-18(21)22-20(30-23(27)25-22)12-11-19(26)15-5-7-16(24)8-6-15/h5,7,9,14,18-20,22,26H,3-4,6,8,10-13H2,1-2H3,(H,25,27)/t18?,19-,20+,22+/m0/s1. The smallest absolute Gasteiger partial charge is 0.407 e. The summed E-state index contributed by atoms with van der Waals surface area (Å²) >= 11 is 0. The van der Waals surface area contributed by atoms with E-state index >= 15 is 0 Å². The molecule has 1 heterocycles. The van der Waals surface area contributed by atoms with Crippen molar-refractivity contribution in [1.82, 2.24) is 5.32 Å². The first-order chi connectivity index (χ1) is 14.5. The summed E-state index contributed by atoms with van der Waals surface area (Å²) in [6.07, 6.45) is 9.89. The predicted molar refractivity (Wildman–Crippen MR) is 111 cm³/mol. The van der Waals surface area contributed by atoms with Crippen molar-refractivity contribution in [2.45, 2.75) is 70.1 Å². The third-order valence-corrected chi connectivity index (χ3v) is 5.89. The second-order valence-electron chi connectivity index (χ2n) is 7.96. The van der Waals surface area contributed by atoms with Crippen LogP contribution < -0.4 is 5.32 Å². The Hall–Kier alpha value is -2.28. The van der Waals surface area contributed by atoms with Gasteiger partial charge >= 0.3 is 6.09 Å². The second-order valence-corrected chi connectivity index (χ2v) is 7.96. The number of rotatable bonds is 10. The molecule has 30 heavy (non-hydrogen) atoms. The van der Waals surface area contributed by atoms with E-state index in [1.54, 1.807) is 13.2 Å². The van der Waals surface area contributed by atoms with E-state index < -0.39 is 12.2 Å². The first-order valence-electron chi connectivity index (χ1n) is 10.8. The van der Waals surface area contributed by atoms with Gasteiger partial charge in [0.1, 0.15) is 23.4 Å². The number of hydrogen-bond donors (Lipinski definition) is 2. The lowest BCUT2D eigenvalue weighted by atomic mass is 9.85. The number of halogens is 1. The van der Waals surface area contributed by atoms with Crippen molar-refractivity contribution in [3.05, 3.63) is 47.2 Å². The number of alkyl carbamates (subject to hydrolysis) is 1. The number of aliphatic hydroxyl groups is 1. The van der Waals surface area contributed by atoms with Gasteiger partial charge in [0.2, 0.25) is 0 Å². The minimum atomic E-state index is -0.670. The number of allylic oxidation sites excluding steroid dienone is 5. The van der Waals surface area contributed by atoms with Crippen molar-refractivity contribution in [3.63, 3.8) is 0 Å². The van der Waals surface area contributed by atoms with E-state index in [0.29, 0.717) is 38.7 Å². The summed E-state index contributed by atoms with van der Waals surface area (Å²) in [7, 11) is 1.62. The van der Waals surface area contributed by atoms with Gasteiger partial charge in [-0.25, -0.2) is 9.18 Å². The van der Waals surface area contributed by atoms with Gasteiger partial charge in [-0.1, -0.05) is 19.4 Å². The fourth-order valence-corrected chi connectivity index (χ4v) is 4.10. The third-order valence-electron chi connectivity index (χ3n) is 5.89. The topological polar surface area (TPSA) is 77.0 Å². The lowest BCUT2D eigenvalue weighted by Gasteiger charge is -2.30. The van der Waals surface area contributed by atoms with Crippen molar-refractivity contribution in [3.8, 4) is 0 Å². The maximum atomic E-state index is 13.2. The summed E-state index contributed by atoms with van der Waals surface area (Å²) in [4.78, 5) is 12.0. The molecule has 4 atom stereocenters. The zero-order valence-corrected chi connectivity index (χ0v) is 17.7. The molecule has 2 N–H and O–H groups in total. The maximum absolute atomic E-state index is 13.2.